The molecule has 1 aromatic heterocycles. The predicted octanol–water partition coefficient (Wildman–Crippen LogP) is 1.53. The molecule has 1 aromatic carbocycles. The second-order valence-electron chi connectivity index (χ2n) is 6.07. The molecule has 0 fully saturated rings. The number of nitrogens with zero attached hydrogens (tertiary/aromatic N) is 3. The molecule has 0 spiro atoms. The first-order valence-electron chi connectivity index (χ1n) is 8.60. The van der Waals surface area contributed by atoms with Crippen LogP contribution in [0.15, 0.2) is 41.7 Å². The Labute approximate surface area is 166 Å². The third-order valence-electron chi connectivity index (χ3n) is 4.36. The average Bonchev–Trinajstić information content (AvgIpc) is 3.15. The standard InChI is InChI=1S/C19H20FN3O6/c1-22-13(6-7-21-22)9-29-16-5-4-12(8-15(16)20)23-11-28-10-14(18(24)26-2)17(23)19(25)27-3/h4-8H,9-11H2,1-3H3. The molecule has 2 aromatic rings. The number of carbonyl (C=O) groups is 2. The Kier molecular flexibility index (Phi) is 6.13. The summed E-state index contributed by atoms with van der Waals surface area (Å²) in [5, 5.41) is 4.02. The van der Waals surface area contributed by atoms with E-state index in [4.69, 9.17) is 18.9 Å². The van der Waals surface area contributed by atoms with E-state index in [1.807, 2.05) is 0 Å². The number of esters is 2. The molecule has 0 bridgehead atoms. The smallest absolute Gasteiger partial charge is 0.355 e. The summed E-state index contributed by atoms with van der Waals surface area (Å²) in [5.41, 5.74) is 0.990. The molecule has 0 atom stereocenters. The van der Waals surface area contributed by atoms with Crippen molar-refractivity contribution in [3.05, 3.63) is 53.2 Å². The minimum atomic E-state index is -0.759. The molecule has 0 saturated carbocycles. The Morgan fingerprint density at radius 2 is 1.97 bits per heavy atom. The van der Waals surface area contributed by atoms with Crippen LogP contribution in [-0.2, 0) is 37.5 Å². The molecule has 0 N–H and O–H groups in total. The molecule has 1 aliphatic rings. The van der Waals surface area contributed by atoms with Crippen molar-refractivity contribution in [1.29, 1.82) is 0 Å². The van der Waals surface area contributed by atoms with E-state index in [2.05, 4.69) is 5.10 Å². The third kappa shape index (κ3) is 4.21. The Bertz CT molecular complexity index is 955. The van der Waals surface area contributed by atoms with E-state index in [0.717, 1.165) is 5.69 Å². The third-order valence-corrected chi connectivity index (χ3v) is 4.36. The lowest BCUT2D eigenvalue weighted by Crippen LogP contribution is -2.38. The number of carbonyl (C=O) groups excluding carboxylic acids is 2. The fourth-order valence-electron chi connectivity index (χ4n) is 2.82. The highest BCUT2D eigenvalue weighted by atomic mass is 19.1. The van der Waals surface area contributed by atoms with Gasteiger partial charge in [0, 0.05) is 25.0 Å². The number of aromatic nitrogens is 2. The fraction of sp³-hybridized carbons (Fsp3) is 0.316. The molecule has 9 nitrogen and oxygen atoms in total. The van der Waals surface area contributed by atoms with Crippen LogP contribution in [0.2, 0.25) is 0 Å². The van der Waals surface area contributed by atoms with Gasteiger partial charge in [-0.2, -0.15) is 5.10 Å². The Balaban J connectivity index is 1.88. The first-order chi connectivity index (χ1) is 14.0. The average molecular weight is 405 g/mol. The van der Waals surface area contributed by atoms with Gasteiger partial charge in [-0.15, -0.1) is 0 Å². The predicted molar refractivity (Wildman–Crippen MR) is 98.3 cm³/mol. The summed E-state index contributed by atoms with van der Waals surface area (Å²) in [7, 11) is 4.14. The number of hydrogen-bond acceptors (Lipinski definition) is 8. The summed E-state index contributed by atoms with van der Waals surface area (Å²) in [5.74, 6) is -2.10. The highest BCUT2D eigenvalue weighted by Crippen LogP contribution is 2.30. The molecule has 154 valence electrons. The van der Waals surface area contributed by atoms with Crippen molar-refractivity contribution in [2.24, 2.45) is 7.05 Å². The van der Waals surface area contributed by atoms with E-state index in [9.17, 15) is 14.0 Å². The second-order valence-corrected chi connectivity index (χ2v) is 6.07. The molecule has 2 heterocycles. The summed E-state index contributed by atoms with van der Waals surface area (Å²) in [6, 6.07) is 5.93. The number of rotatable bonds is 6. The first kappa shape index (κ1) is 20.3. The Morgan fingerprint density at radius 1 is 1.21 bits per heavy atom. The zero-order valence-electron chi connectivity index (χ0n) is 16.2. The monoisotopic (exact) mass is 405 g/mol. The van der Waals surface area contributed by atoms with Gasteiger partial charge in [-0.1, -0.05) is 0 Å². The maximum absolute atomic E-state index is 14.6. The van der Waals surface area contributed by atoms with Gasteiger partial charge >= 0.3 is 11.9 Å². The van der Waals surface area contributed by atoms with E-state index in [1.54, 1.807) is 30.1 Å². The van der Waals surface area contributed by atoms with Crippen molar-refractivity contribution in [2.75, 3.05) is 32.5 Å². The van der Waals surface area contributed by atoms with Gasteiger partial charge in [-0.3, -0.25) is 4.68 Å². The number of anilines is 1. The van der Waals surface area contributed by atoms with Crippen LogP contribution in [0.25, 0.3) is 0 Å². The Hall–Kier alpha value is -3.40. The molecule has 1 aliphatic heterocycles. The number of benzene rings is 1. The molecule has 3 rings (SSSR count). The Morgan fingerprint density at radius 3 is 2.59 bits per heavy atom. The summed E-state index contributed by atoms with van der Waals surface area (Å²) in [4.78, 5) is 25.7. The molecule has 0 radical (unpaired) electrons. The van der Waals surface area contributed by atoms with Gasteiger partial charge in [0.1, 0.15) is 19.0 Å². The van der Waals surface area contributed by atoms with E-state index >= 15 is 0 Å². The quantitative estimate of drug-likeness (QED) is 0.669. The zero-order chi connectivity index (χ0) is 21.0. The van der Waals surface area contributed by atoms with Crippen LogP contribution in [0.1, 0.15) is 5.69 Å². The summed E-state index contributed by atoms with van der Waals surface area (Å²) >= 11 is 0. The van der Waals surface area contributed by atoms with Gasteiger partial charge < -0.3 is 23.8 Å². The molecule has 0 amide bonds. The van der Waals surface area contributed by atoms with E-state index in [-0.39, 0.29) is 42.7 Å². The van der Waals surface area contributed by atoms with E-state index in [0.29, 0.717) is 0 Å². The van der Waals surface area contributed by atoms with Gasteiger partial charge in [0.05, 0.1) is 32.1 Å². The van der Waals surface area contributed by atoms with Crippen LogP contribution in [0, 0.1) is 5.82 Å². The van der Waals surface area contributed by atoms with Crippen LogP contribution in [0.3, 0.4) is 0 Å². The SMILES string of the molecule is COC(=O)C1=C(C(=O)OC)N(c2ccc(OCc3ccnn3C)c(F)c2)COC1. The summed E-state index contributed by atoms with van der Waals surface area (Å²) < 4.78 is 36.6. The number of aryl methyl sites for hydroxylation is 1. The fourth-order valence-corrected chi connectivity index (χ4v) is 2.82. The molecule has 0 unspecified atom stereocenters. The minimum Gasteiger partial charge on any atom is -0.484 e. The van der Waals surface area contributed by atoms with Gasteiger partial charge in [0.25, 0.3) is 0 Å². The van der Waals surface area contributed by atoms with Crippen LogP contribution in [0.5, 0.6) is 5.75 Å². The highest BCUT2D eigenvalue weighted by Gasteiger charge is 2.32. The summed E-state index contributed by atoms with van der Waals surface area (Å²) in [6.07, 6.45) is 1.62. The van der Waals surface area contributed by atoms with Crippen LogP contribution < -0.4 is 9.64 Å². The summed E-state index contributed by atoms with van der Waals surface area (Å²) in [6.45, 7) is -0.0546. The molecular formula is C19H20FN3O6. The number of hydrogen-bond donors (Lipinski definition) is 0. The van der Waals surface area contributed by atoms with Gasteiger partial charge in [-0.25, -0.2) is 14.0 Å². The lowest BCUT2D eigenvalue weighted by atomic mass is 10.1. The molecule has 0 aliphatic carbocycles. The molecule has 10 heteroatoms. The van der Waals surface area contributed by atoms with Gasteiger partial charge in [0.2, 0.25) is 0 Å². The van der Waals surface area contributed by atoms with Crippen molar-refractivity contribution >= 4 is 17.6 Å². The van der Waals surface area contributed by atoms with Crippen LogP contribution >= 0.6 is 0 Å². The lowest BCUT2D eigenvalue weighted by Gasteiger charge is -2.31. The van der Waals surface area contributed by atoms with Crippen molar-refractivity contribution in [3.8, 4) is 5.75 Å². The number of halogens is 1. The van der Waals surface area contributed by atoms with Gasteiger partial charge in [0.15, 0.2) is 11.6 Å². The zero-order valence-corrected chi connectivity index (χ0v) is 16.2. The largest absolute Gasteiger partial charge is 0.484 e. The first-order valence-corrected chi connectivity index (χ1v) is 8.60. The van der Waals surface area contributed by atoms with Crippen LogP contribution in [0.4, 0.5) is 10.1 Å². The normalized spacial score (nSPS) is 14.0. The van der Waals surface area contributed by atoms with Crippen LogP contribution in [-0.4, -0.2) is 49.3 Å². The minimum absolute atomic E-state index is 0.0115. The lowest BCUT2D eigenvalue weighted by molar-refractivity contribution is -0.140. The topological polar surface area (TPSA) is 92.1 Å². The van der Waals surface area contributed by atoms with Gasteiger partial charge in [-0.05, 0) is 18.2 Å². The maximum Gasteiger partial charge on any atom is 0.355 e. The highest BCUT2D eigenvalue weighted by molar-refractivity contribution is 6.03. The number of ether oxygens (including phenoxy) is 4. The van der Waals surface area contributed by atoms with Crippen molar-refractivity contribution < 1.29 is 32.9 Å². The molecule has 29 heavy (non-hydrogen) atoms. The van der Waals surface area contributed by atoms with E-state index in [1.165, 1.54) is 31.3 Å². The maximum atomic E-state index is 14.6. The molecular weight excluding hydrogens is 385 g/mol. The van der Waals surface area contributed by atoms with E-state index < -0.39 is 17.8 Å². The van der Waals surface area contributed by atoms with Crippen molar-refractivity contribution in [2.45, 2.75) is 6.61 Å². The van der Waals surface area contributed by atoms with Crippen molar-refractivity contribution in [1.82, 2.24) is 9.78 Å². The number of methoxy groups -OCH3 is 2. The second kappa shape index (κ2) is 8.74. The van der Waals surface area contributed by atoms with Crippen molar-refractivity contribution in [3.63, 3.8) is 0 Å². The molecule has 0 saturated heterocycles.